The Morgan fingerprint density at radius 2 is 1.45 bits per heavy atom. The van der Waals surface area contributed by atoms with Crippen LogP contribution in [-0.2, 0) is 9.53 Å². The minimum absolute atomic E-state index is 0.281. The van der Waals surface area contributed by atoms with E-state index in [-0.39, 0.29) is 5.56 Å². The Labute approximate surface area is 126 Å². The summed E-state index contributed by atoms with van der Waals surface area (Å²) in [6.07, 6.45) is -1.40. The molecule has 0 radical (unpaired) electrons. The van der Waals surface area contributed by atoms with Crippen molar-refractivity contribution < 1.29 is 23.1 Å². The van der Waals surface area contributed by atoms with E-state index in [1.165, 1.54) is 12.1 Å². The first-order valence-electron chi connectivity index (χ1n) is 6.62. The van der Waals surface area contributed by atoms with Crippen LogP contribution >= 0.6 is 0 Å². The van der Waals surface area contributed by atoms with Crippen LogP contribution in [0.3, 0.4) is 0 Å². The van der Waals surface area contributed by atoms with Crippen molar-refractivity contribution in [3.8, 4) is 0 Å². The maximum Gasteiger partial charge on any atom is 0.377 e. The number of carbonyl (C=O) groups is 2. The fourth-order valence-electron chi connectivity index (χ4n) is 1.87. The Kier molecular flexibility index (Phi) is 4.65. The number of ether oxygens (including phenoxy) is 1. The summed E-state index contributed by atoms with van der Waals surface area (Å²) in [4.78, 5) is 23.9. The van der Waals surface area contributed by atoms with Gasteiger partial charge in [-0.15, -0.1) is 0 Å². The molecule has 0 aliphatic carbocycles. The molecule has 0 aliphatic heterocycles. The summed E-state index contributed by atoms with van der Waals surface area (Å²) in [5, 5.41) is 0. The van der Waals surface area contributed by atoms with Crippen molar-refractivity contribution in [2.45, 2.75) is 19.0 Å². The van der Waals surface area contributed by atoms with Gasteiger partial charge in [0.15, 0.2) is 6.10 Å². The number of hydrogen-bond donors (Lipinski definition) is 0. The number of carbonyl (C=O) groups excluding carboxylic acids is 2. The molecule has 3 nitrogen and oxygen atoms in total. The Morgan fingerprint density at radius 1 is 0.955 bits per heavy atom. The summed E-state index contributed by atoms with van der Waals surface area (Å²) in [7, 11) is 0. The molecule has 2 rings (SSSR count). The highest BCUT2D eigenvalue weighted by Crippen LogP contribution is 2.26. The lowest BCUT2D eigenvalue weighted by molar-refractivity contribution is -0.173. The van der Waals surface area contributed by atoms with E-state index in [2.05, 4.69) is 0 Å². The minimum Gasteiger partial charge on any atom is -0.445 e. The summed E-state index contributed by atoms with van der Waals surface area (Å²) in [5.41, 5.74) is 0.623. The molecule has 0 aliphatic rings. The highest BCUT2D eigenvalue weighted by atomic mass is 19.3. The molecule has 0 N–H and O–H groups in total. The van der Waals surface area contributed by atoms with Gasteiger partial charge in [-0.1, -0.05) is 60.7 Å². The van der Waals surface area contributed by atoms with Crippen LogP contribution in [0.1, 0.15) is 28.9 Å². The van der Waals surface area contributed by atoms with Crippen LogP contribution in [0.4, 0.5) is 8.78 Å². The van der Waals surface area contributed by atoms with Gasteiger partial charge in [-0.05, 0) is 0 Å². The fraction of sp³-hybridized carbons (Fsp3) is 0.176. The third-order valence-electron chi connectivity index (χ3n) is 2.98. The predicted molar refractivity (Wildman–Crippen MR) is 76.7 cm³/mol. The predicted octanol–water partition coefficient (Wildman–Crippen LogP) is 3.81. The molecule has 5 heteroatoms. The minimum atomic E-state index is -3.66. The number of Topliss-reactive ketones (excluding diaryl/α,β-unsaturated/α-hetero) is 1. The average molecular weight is 304 g/mol. The van der Waals surface area contributed by atoms with Crippen LogP contribution in [0.5, 0.6) is 0 Å². The maximum atomic E-state index is 13.1. The first-order valence-corrected chi connectivity index (χ1v) is 6.62. The lowest BCUT2D eigenvalue weighted by Crippen LogP contribution is -2.31. The summed E-state index contributed by atoms with van der Waals surface area (Å²) in [5.74, 6) is -5.95. The van der Waals surface area contributed by atoms with Crippen molar-refractivity contribution in [2.75, 3.05) is 0 Å². The van der Waals surface area contributed by atoms with E-state index < -0.39 is 23.8 Å². The van der Waals surface area contributed by atoms with E-state index in [1.54, 1.807) is 48.5 Å². The van der Waals surface area contributed by atoms with E-state index in [4.69, 9.17) is 4.74 Å². The molecule has 0 heterocycles. The van der Waals surface area contributed by atoms with Gasteiger partial charge in [0, 0.05) is 18.1 Å². The molecule has 0 amide bonds. The standard InChI is InChI=1S/C17H14F2O3/c1-17(18,19)16(21)22-15(13-10-6-3-7-11-13)14(20)12-8-4-2-5-9-12/h2-11,15H,1H3. The molecule has 0 aromatic heterocycles. The smallest absolute Gasteiger partial charge is 0.377 e. The van der Waals surface area contributed by atoms with Gasteiger partial charge >= 0.3 is 11.9 Å². The molecule has 0 fully saturated rings. The van der Waals surface area contributed by atoms with Crippen molar-refractivity contribution in [1.82, 2.24) is 0 Å². The monoisotopic (exact) mass is 304 g/mol. The molecule has 0 saturated heterocycles. The number of ketones is 1. The van der Waals surface area contributed by atoms with Gasteiger partial charge in [-0.3, -0.25) is 4.79 Å². The lowest BCUT2D eigenvalue weighted by Gasteiger charge is -2.19. The first-order chi connectivity index (χ1) is 10.4. The number of hydrogen-bond acceptors (Lipinski definition) is 3. The van der Waals surface area contributed by atoms with E-state index in [0.29, 0.717) is 12.5 Å². The van der Waals surface area contributed by atoms with E-state index >= 15 is 0 Å². The van der Waals surface area contributed by atoms with Crippen molar-refractivity contribution in [2.24, 2.45) is 0 Å². The highest BCUT2D eigenvalue weighted by molar-refractivity contribution is 6.01. The van der Waals surface area contributed by atoms with Crippen LogP contribution in [0, 0.1) is 0 Å². The molecule has 22 heavy (non-hydrogen) atoms. The van der Waals surface area contributed by atoms with Crippen molar-refractivity contribution >= 4 is 11.8 Å². The normalized spacial score (nSPS) is 12.5. The van der Waals surface area contributed by atoms with E-state index in [1.807, 2.05) is 0 Å². The second-order valence-electron chi connectivity index (χ2n) is 4.81. The van der Waals surface area contributed by atoms with Crippen LogP contribution in [0.25, 0.3) is 0 Å². The van der Waals surface area contributed by atoms with Crippen LogP contribution < -0.4 is 0 Å². The molecule has 2 aromatic carbocycles. The molecule has 114 valence electrons. The maximum absolute atomic E-state index is 13.1. The largest absolute Gasteiger partial charge is 0.445 e. The van der Waals surface area contributed by atoms with Crippen LogP contribution in [-0.4, -0.2) is 17.7 Å². The van der Waals surface area contributed by atoms with E-state index in [9.17, 15) is 18.4 Å². The van der Waals surface area contributed by atoms with Crippen molar-refractivity contribution in [3.05, 3.63) is 71.8 Å². The van der Waals surface area contributed by atoms with Crippen LogP contribution in [0.15, 0.2) is 60.7 Å². The van der Waals surface area contributed by atoms with Crippen molar-refractivity contribution in [1.29, 1.82) is 0 Å². The topological polar surface area (TPSA) is 43.4 Å². The summed E-state index contributed by atoms with van der Waals surface area (Å²) < 4.78 is 30.9. The zero-order valence-corrected chi connectivity index (χ0v) is 11.8. The number of rotatable bonds is 5. The second-order valence-corrected chi connectivity index (χ2v) is 4.81. The molecule has 0 spiro atoms. The summed E-state index contributed by atoms with van der Waals surface area (Å²) in [6.45, 7) is 0.435. The summed E-state index contributed by atoms with van der Waals surface area (Å²) >= 11 is 0. The first kappa shape index (κ1) is 15.8. The third kappa shape index (κ3) is 3.75. The number of benzene rings is 2. The Balaban J connectivity index is 2.34. The average Bonchev–Trinajstić information content (AvgIpc) is 2.52. The van der Waals surface area contributed by atoms with Gasteiger partial charge in [0.25, 0.3) is 0 Å². The fourth-order valence-corrected chi connectivity index (χ4v) is 1.87. The molecule has 0 bridgehead atoms. The number of alkyl halides is 2. The zero-order valence-electron chi connectivity index (χ0n) is 11.8. The third-order valence-corrected chi connectivity index (χ3v) is 2.98. The molecule has 1 unspecified atom stereocenters. The number of halogens is 2. The van der Waals surface area contributed by atoms with Gasteiger partial charge in [0.05, 0.1) is 0 Å². The van der Waals surface area contributed by atoms with Gasteiger partial charge in [0.2, 0.25) is 5.78 Å². The quantitative estimate of drug-likeness (QED) is 0.623. The molecular formula is C17H14F2O3. The molecular weight excluding hydrogens is 290 g/mol. The lowest BCUT2D eigenvalue weighted by atomic mass is 10.00. The Hall–Kier alpha value is -2.56. The van der Waals surface area contributed by atoms with Gasteiger partial charge in [-0.2, -0.15) is 8.78 Å². The second kappa shape index (κ2) is 6.47. The Bertz CT molecular complexity index is 649. The summed E-state index contributed by atoms with van der Waals surface area (Å²) in [6, 6.07) is 16.2. The zero-order chi connectivity index (χ0) is 16.2. The van der Waals surface area contributed by atoms with Gasteiger partial charge in [-0.25, -0.2) is 4.79 Å². The van der Waals surface area contributed by atoms with Gasteiger partial charge in [0.1, 0.15) is 0 Å². The SMILES string of the molecule is CC(F)(F)C(=O)OC(C(=O)c1ccccc1)c1ccccc1. The molecule has 0 saturated carbocycles. The molecule has 2 aromatic rings. The van der Waals surface area contributed by atoms with Gasteiger partial charge < -0.3 is 4.74 Å². The van der Waals surface area contributed by atoms with E-state index in [0.717, 1.165) is 0 Å². The van der Waals surface area contributed by atoms with Crippen molar-refractivity contribution in [3.63, 3.8) is 0 Å². The number of esters is 1. The highest BCUT2D eigenvalue weighted by Gasteiger charge is 2.38. The Morgan fingerprint density at radius 3 is 1.95 bits per heavy atom. The van der Waals surface area contributed by atoms with Crippen LogP contribution in [0.2, 0.25) is 0 Å². The molecule has 1 atom stereocenters.